The Hall–Kier alpha value is -0.780. The molecule has 0 amide bonds. The summed E-state index contributed by atoms with van der Waals surface area (Å²) in [6.07, 6.45) is 10.4. The van der Waals surface area contributed by atoms with Gasteiger partial charge in [-0.1, -0.05) is 57.7 Å². The smallest absolute Gasteiger partial charge is 0.0149 e. The van der Waals surface area contributed by atoms with E-state index in [4.69, 9.17) is 0 Å². The lowest BCUT2D eigenvalue weighted by molar-refractivity contribution is 0.708. The van der Waals surface area contributed by atoms with Gasteiger partial charge in [0.1, 0.15) is 0 Å². The van der Waals surface area contributed by atoms with Crippen molar-refractivity contribution in [2.24, 2.45) is 0 Å². The van der Waals surface area contributed by atoms with Crippen LogP contribution >= 0.6 is 0 Å². The Morgan fingerprint density at radius 3 is 2.31 bits per heavy atom. The van der Waals surface area contributed by atoms with Crippen molar-refractivity contribution < 1.29 is 0 Å². The molecule has 0 N–H and O–H groups in total. The van der Waals surface area contributed by atoms with Gasteiger partial charge in [0.2, 0.25) is 0 Å². The summed E-state index contributed by atoms with van der Waals surface area (Å²) in [5.41, 5.74) is 2.90. The molecule has 1 aromatic rings. The second-order valence-corrected chi connectivity index (χ2v) is 4.64. The Kier molecular flexibility index (Phi) is 6.96. The minimum Gasteiger partial charge on any atom is -0.0654 e. The van der Waals surface area contributed by atoms with Gasteiger partial charge in [0.15, 0.2) is 0 Å². The van der Waals surface area contributed by atoms with Crippen molar-refractivity contribution in [3.05, 3.63) is 35.4 Å². The molecular formula is C16H25. The number of hydrogen-bond acceptors (Lipinski definition) is 0. The molecule has 0 saturated heterocycles. The van der Waals surface area contributed by atoms with Gasteiger partial charge in [-0.2, -0.15) is 0 Å². The Morgan fingerprint density at radius 2 is 1.62 bits per heavy atom. The van der Waals surface area contributed by atoms with E-state index in [0.29, 0.717) is 0 Å². The van der Waals surface area contributed by atoms with Crippen LogP contribution in [0.4, 0.5) is 0 Å². The van der Waals surface area contributed by atoms with Crippen LogP contribution in [0, 0.1) is 6.07 Å². The summed E-state index contributed by atoms with van der Waals surface area (Å²) in [4.78, 5) is 0. The molecule has 0 heterocycles. The molecule has 1 rings (SSSR count). The molecular weight excluding hydrogens is 192 g/mol. The lowest BCUT2D eigenvalue weighted by Gasteiger charge is -2.04. The zero-order valence-electron chi connectivity index (χ0n) is 10.9. The lowest BCUT2D eigenvalue weighted by atomic mass is 10.0. The molecule has 0 spiro atoms. The van der Waals surface area contributed by atoms with Gasteiger partial charge < -0.3 is 0 Å². The van der Waals surface area contributed by atoms with E-state index in [1.54, 1.807) is 0 Å². The van der Waals surface area contributed by atoms with Crippen LogP contribution < -0.4 is 0 Å². The molecule has 0 heteroatoms. The van der Waals surface area contributed by atoms with Crippen molar-refractivity contribution in [3.63, 3.8) is 0 Å². The molecule has 0 nitrogen and oxygen atoms in total. The average molecular weight is 217 g/mol. The highest BCUT2D eigenvalue weighted by Crippen LogP contribution is 2.11. The van der Waals surface area contributed by atoms with Crippen LogP contribution in [-0.4, -0.2) is 0 Å². The van der Waals surface area contributed by atoms with Crippen molar-refractivity contribution in [1.29, 1.82) is 0 Å². The molecule has 0 unspecified atom stereocenters. The number of unbranched alkanes of at least 4 members (excludes halogenated alkanes) is 4. The first-order valence-corrected chi connectivity index (χ1v) is 6.86. The predicted octanol–water partition coefficient (Wildman–Crippen LogP) is 4.95. The fourth-order valence-electron chi connectivity index (χ4n) is 2.01. The van der Waals surface area contributed by atoms with Crippen molar-refractivity contribution in [2.75, 3.05) is 0 Å². The number of benzene rings is 1. The van der Waals surface area contributed by atoms with Crippen LogP contribution in [0.2, 0.25) is 0 Å². The minimum atomic E-state index is 1.20. The molecule has 0 bridgehead atoms. The van der Waals surface area contributed by atoms with Gasteiger partial charge >= 0.3 is 0 Å². The van der Waals surface area contributed by atoms with Crippen molar-refractivity contribution in [1.82, 2.24) is 0 Å². The van der Waals surface area contributed by atoms with Gasteiger partial charge in [-0.25, -0.2) is 0 Å². The maximum Gasteiger partial charge on any atom is -0.0149 e. The topological polar surface area (TPSA) is 0 Å². The predicted molar refractivity (Wildman–Crippen MR) is 71.7 cm³/mol. The normalized spacial score (nSPS) is 10.6. The van der Waals surface area contributed by atoms with Crippen LogP contribution in [0.1, 0.15) is 63.5 Å². The fraction of sp³-hybridized carbons (Fsp3) is 0.625. The standard InChI is InChI=1S/C16H25/c1-3-5-7-10-15-12-9-13-16(14-15)11-8-6-4-2/h9,12,14H,3-8,10-11H2,1-2H3. The average Bonchev–Trinajstić information content (AvgIpc) is 2.30. The van der Waals surface area contributed by atoms with Crippen LogP contribution in [0.25, 0.3) is 0 Å². The van der Waals surface area contributed by atoms with E-state index in [9.17, 15) is 0 Å². The maximum atomic E-state index is 3.36. The van der Waals surface area contributed by atoms with Crippen LogP contribution in [0.15, 0.2) is 18.2 Å². The van der Waals surface area contributed by atoms with Crippen LogP contribution in [0.3, 0.4) is 0 Å². The van der Waals surface area contributed by atoms with E-state index in [1.165, 1.54) is 62.5 Å². The third-order valence-electron chi connectivity index (χ3n) is 3.04. The van der Waals surface area contributed by atoms with Crippen LogP contribution in [0.5, 0.6) is 0 Å². The highest BCUT2D eigenvalue weighted by molar-refractivity contribution is 5.22. The molecule has 1 aromatic carbocycles. The van der Waals surface area contributed by atoms with E-state index in [0.717, 1.165) is 0 Å². The largest absolute Gasteiger partial charge is 0.0654 e. The first kappa shape index (κ1) is 13.3. The number of hydrogen-bond donors (Lipinski definition) is 0. The van der Waals surface area contributed by atoms with E-state index in [2.05, 4.69) is 38.1 Å². The first-order chi connectivity index (χ1) is 7.86. The Labute approximate surface area is 101 Å². The number of rotatable bonds is 8. The van der Waals surface area contributed by atoms with Gasteiger partial charge in [0.25, 0.3) is 0 Å². The van der Waals surface area contributed by atoms with E-state index >= 15 is 0 Å². The highest BCUT2D eigenvalue weighted by atomic mass is 14.0. The summed E-state index contributed by atoms with van der Waals surface area (Å²) in [5.74, 6) is 0. The summed E-state index contributed by atoms with van der Waals surface area (Å²) in [6.45, 7) is 4.51. The molecule has 1 radical (unpaired) electrons. The van der Waals surface area contributed by atoms with Crippen LogP contribution in [-0.2, 0) is 12.8 Å². The third kappa shape index (κ3) is 5.34. The summed E-state index contributed by atoms with van der Waals surface area (Å²) in [7, 11) is 0. The Morgan fingerprint density at radius 1 is 0.938 bits per heavy atom. The Bertz CT molecular complexity index is 250. The zero-order chi connectivity index (χ0) is 11.6. The molecule has 89 valence electrons. The van der Waals surface area contributed by atoms with Crippen molar-refractivity contribution in [3.8, 4) is 0 Å². The van der Waals surface area contributed by atoms with E-state index in [1.807, 2.05) is 0 Å². The minimum absolute atomic E-state index is 1.20. The summed E-state index contributed by atoms with van der Waals surface area (Å²) in [6, 6.07) is 10.0. The maximum absolute atomic E-state index is 3.36. The highest BCUT2D eigenvalue weighted by Gasteiger charge is 1.97. The second kappa shape index (κ2) is 8.38. The van der Waals surface area contributed by atoms with Gasteiger partial charge in [-0.3, -0.25) is 0 Å². The third-order valence-corrected chi connectivity index (χ3v) is 3.04. The van der Waals surface area contributed by atoms with Crippen molar-refractivity contribution in [2.45, 2.75) is 65.2 Å². The number of aryl methyl sites for hydroxylation is 2. The van der Waals surface area contributed by atoms with Gasteiger partial charge in [-0.05, 0) is 42.9 Å². The van der Waals surface area contributed by atoms with Crippen molar-refractivity contribution >= 4 is 0 Å². The molecule has 0 aliphatic rings. The molecule has 0 atom stereocenters. The quantitative estimate of drug-likeness (QED) is 0.540. The fourth-order valence-corrected chi connectivity index (χ4v) is 2.01. The van der Waals surface area contributed by atoms with Gasteiger partial charge in [0.05, 0.1) is 0 Å². The summed E-state index contributed by atoms with van der Waals surface area (Å²) in [5, 5.41) is 0. The molecule has 0 fully saturated rings. The molecule has 16 heavy (non-hydrogen) atoms. The van der Waals surface area contributed by atoms with Gasteiger partial charge in [0, 0.05) is 0 Å². The zero-order valence-corrected chi connectivity index (χ0v) is 10.9. The molecule has 0 aliphatic heterocycles. The molecule has 0 aromatic heterocycles. The second-order valence-electron chi connectivity index (χ2n) is 4.64. The Balaban J connectivity index is 2.37. The monoisotopic (exact) mass is 217 g/mol. The van der Waals surface area contributed by atoms with Gasteiger partial charge in [-0.15, -0.1) is 0 Å². The first-order valence-electron chi connectivity index (χ1n) is 6.86. The molecule has 0 saturated carbocycles. The summed E-state index contributed by atoms with van der Waals surface area (Å²) < 4.78 is 0. The SMILES string of the molecule is CCCCCc1[c]ccc(CCCCC)c1. The van der Waals surface area contributed by atoms with E-state index < -0.39 is 0 Å². The summed E-state index contributed by atoms with van der Waals surface area (Å²) >= 11 is 0. The lowest BCUT2D eigenvalue weighted by Crippen LogP contribution is -1.90. The van der Waals surface area contributed by atoms with E-state index in [-0.39, 0.29) is 0 Å². The molecule has 0 aliphatic carbocycles.